The number of aliphatic hydroxyl groups is 1. The van der Waals surface area contributed by atoms with Gasteiger partial charge >= 0.3 is 0 Å². The Morgan fingerprint density at radius 1 is 1.08 bits per heavy atom. The molecule has 8 nitrogen and oxygen atoms in total. The molecule has 0 radical (unpaired) electrons. The summed E-state index contributed by atoms with van der Waals surface area (Å²) in [4.78, 5) is 15.9. The SMILES string of the molecule is O=C(NCC1(N2CCOCC2)CCCCC1)c1ccc2[nH]nc(-c3ccc(OC4CCCC(O)C4)cc3)c2c1. The Labute approximate surface area is 230 Å². The number of morpholine rings is 1. The number of H-pyrrole nitrogens is 1. The summed E-state index contributed by atoms with van der Waals surface area (Å²) in [5.74, 6) is 0.760. The first kappa shape index (κ1) is 26.3. The minimum absolute atomic E-state index is 0.0299. The maximum atomic E-state index is 13.4. The summed E-state index contributed by atoms with van der Waals surface area (Å²) < 4.78 is 11.7. The molecular weight excluding hydrogens is 492 g/mol. The molecule has 2 heterocycles. The average Bonchev–Trinajstić information content (AvgIpc) is 3.41. The molecule has 0 spiro atoms. The number of nitrogens with zero attached hydrogens (tertiary/aromatic N) is 2. The van der Waals surface area contributed by atoms with Gasteiger partial charge in [0.05, 0.1) is 30.5 Å². The lowest BCUT2D eigenvalue weighted by Gasteiger charge is -2.48. The number of fused-ring (bicyclic) bond motifs is 1. The smallest absolute Gasteiger partial charge is 0.251 e. The summed E-state index contributed by atoms with van der Waals surface area (Å²) in [5.41, 5.74) is 3.35. The molecule has 39 heavy (non-hydrogen) atoms. The Balaban J connectivity index is 1.16. The van der Waals surface area contributed by atoms with Gasteiger partial charge in [-0.1, -0.05) is 19.3 Å². The maximum absolute atomic E-state index is 13.4. The number of benzene rings is 2. The minimum atomic E-state index is -0.266. The summed E-state index contributed by atoms with van der Waals surface area (Å²) in [6, 6.07) is 13.7. The number of hydrogen-bond donors (Lipinski definition) is 3. The van der Waals surface area contributed by atoms with E-state index in [4.69, 9.17) is 9.47 Å². The van der Waals surface area contributed by atoms with Crippen molar-refractivity contribution < 1.29 is 19.4 Å². The lowest BCUT2D eigenvalue weighted by Crippen LogP contribution is -2.59. The standard InChI is InChI=1S/C31H40N4O4/c36-24-5-4-6-26(20-24)39-25-10-7-22(8-11-25)29-27-19-23(9-12-28(27)33-34-29)30(37)32-21-31(13-2-1-3-14-31)35-15-17-38-18-16-35/h7-12,19,24,26,36H,1-6,13-18,20-21H2,(H,32,37)(H,33,34). The van der Waals surface area contributed by atoms with E-state index in [0.29, 0.717) is 18.5 Å². The van der Waals surface area contributed by atoms with Crippen LogP contribution in [0.4, 0.5) is 0 Å². The van der Waals surface area contributed by atoms with Crippen molar-refractivity contribution in [2.45, 2.75) is 75.5 Å². The van der Waals surface area contributed by atoms with Crippen molar-refractivity contribution in [3.63, 3.8) is 0 Å². The fourth-order valence-corrected chi connectivity index (χ4v) is 6.69. The van der Waals surface area contributed by atoms with Crippen molar-refractivity contribution in [3.8, 4) is 17.0 Å². The third-order valence-electron chi connectivity index (χ3n) is 8.90. The van der Waals surface area contributed by atoms with Crippen LogP contribution in [0.1, 0.15) is 68.1 Å². The van der Waals surface area contributed by atoms with Crippen LogP contribution in [0.25, 0.3) is 22.2 Å². The van der Waals surface area contributed by atoms with Crippen molar-refractivity contribution >= 4 is 16.8 Å². The number of carbonyl (C=O) groups excluding carboxylic acids is 1. The molecular formula is C31H40N4O4. The van der Waals surface area contributed by atoms with Gasteiger partial charge in [0.25, 0.3) is 5.91 Å². The number of rotatable bonds is 7. The number of ether oxygens (including phenoxy) is 2. The number of aliphatic hydroxyl groups excluding tert-OH is 1. The van der Waals surface area contributed by atoms with E-state index in [1.165, 1.54) is 19.3 Å². The molecule has 1 amide bonds. The van der Waals surface area contributed by atoms with Gasteiger partial charge in [-0.2, -0.15) is 5.10 Å². The molecule has 3 aromatic rings. The molecule has 2 atom stereocenters. The van der Waals surface area contributed by atoms with E-state index in [-0.39, 0.29) is 23.7 Å². The van der Waals surface area contributed by atoms with Gasteiger partial charge in [-0.25, -0.2) is 0 Å². The Morgan fingerprint density at radius 2 is 1.87 bits per heavy atom. The number of carbonyl (C=O) groups is 1. The maximum Gasteiger partial charge on any atom is 0.251 e. The van der Waals surface area contributed by atoms with Gasteiger partial charge in [-0.3, -0.25) is 14.8 Å². The number of amides is 1. The monoisotopic (exact) mass is 532 g/mol. The van der Waals surface area contributed by atoms with Crippen LogP contribution in [0.3, 0.4) is 0 Å². The number of aromatic amines is 1. The van der Waals surface area contributed by atoms with Crippen LogP contribution in [-0.4, -0.2) is 76.7 Å². The third-order valence-corrected chi connectivity index (χ3v) is 8.90. The van der Waals surface area contributed by atoms with Crippen LogP contribution < -0.4 is 10.1 Å². The Hall–Kier alpha value is -2.94. The summed E-state index contributed by atoms with van der Waals surface area (Å²) in [7, 11) is 0. The Kier molecular flexibility index (Phi) is 7.86. The quantitative estimate of drug-likeness (QED) is 0.409. The summed E-state index contributed by atoms with van der Waals surface area (Å²) >= 11 is 0. The number of aromatic nitrogens is 2. The fourth-order valence-electron chi connectivity index (χ4n) is 6.69. The highest BCUT2D eigenvalue weighted by Crippen LogP contribution is 2.34. The largest absolute Gasteiger partial charge is 0.490 e. The van der Waals surface area contributed by atoms with Gasteiger partial charge in [0.1, 0.15) is 11.9 Å². The second-order valence-corrected chi connectivity index (χ2v) is 11.5. The predicted molar refractivity (Wildman–Crippen MR) is 151 cm³/mol. The molecule has 2 aromatic carbocycles. The van der Waals surface area contributed by atoms with Gasteiger partial charge in [0.2, 0.25) is 0 Å². The van der Waals surface area contributed by atoms with Crippen molar-refractivity contribution in [2.75, 3.05) is 32.8 Å². The zero-order valence-corrected chi connectivity index (χ0v) is 22.7. The van der Waals surface area contributed by atoms with Crippen LogP contribution in [0.15, 0.2) is 42.5 Å². The molecule has 2 saturated carbocycles. The third kappa shape index (κ3) is 5.83. The average molecular weight is 533 g/mol. The molecule has 3 aliphatic rings. The lowest BCUT2D eigenvalue weighted by molar-refractivity contribution is -0.0361. The molecule has 208 valence electrons. The van der Waals surface area contributed by atoms with Crippen LogP contribution in [-0.2, 0) is 4.74 Å². The number of nitrogens with one attached hydrogen (secondary N) is 2. The van der Waals surface area contributed by atoms with Crippen molar-refractivity contribution in [2.24, 2.45) is 0 Å². The molecule has 8 heteroatoms. The summed E-state index contributed by atoms with van der Waals surface area (Å²) in [5, 5.41) is 21.8. The van der Waals surface area contributed by atoms with Gasteiger partial charge in [0.15, 0.2) is 0 Å². The minimum Gasteiger partial charge on any atom is -0.490 e. The molecule has 1 saturated heterocycles. The Morgan fingerprint density at radius 3 is 2.64 bits per heavy atom. The first-order valence-electron chi connectivity index (χ1n) is 14.6. The van der Waals surface area contributed by atoms with E-state index in [1.807, 2.05) is 42.5 Å². The van der Waals surface area contributed by atoms with Crippen LogP contribution in [0, 0.1) is 0 Å². The number of hydrogen-bond acceptors (Lipinski definition) is 6. The van der Waals surface area contributed by atoms with Gasteiger partial charge in [-0.15, -0.1) is 0 Å². The topological polar surface area (TPSA) is 99.7 Å². The molecule has 3 N–H and O–H groups in total. The second-order valence-electron chi connectivity index (χ2n) is 11.5. The normalized spacial score (nSPS) is 23.9. The summed E-state index contributed by atoms with van der Waals surface area (Å²) in [6.45, 7) is 4.08. The van der Waals surface area contributed by atoms with Crippen LogP contribution >= 0.6 is 0 Å². The van der Waals surface area contributed by atoms with Crippen molar-refractivity contribution in [1.82, 2.24) is 20.4 Å². The van der Waals surface area contributed by atoms with E-state index in [9.17, 15) is 9.90 Å². The zero-order valence-electron chi connectivity index (χ0n) is 22.7. The van der Waals surface area contributed by atoms with Gasteiger partial charge < -0.3 is 19.9 Å². The van der Waals surface area contributed by atoms with Crippen molar-refractivity contribution in [3.05, 3.63) is 48.0 Å². The molecule has 2 aliphatic carbocycles. The van der Waals surface area contributed by atoms with E-state index in [0.717, 1.165) is 86.3 Å². The highest BCUT2D eigenvalue weighted by Gasteiger charge is 2.39. The highest BCUT2D eigenvalue weighted by atomic mass is 16.5. The fraction of sp³-hybridized carbons (Fsp3) is 0.548. The predicted octanol–water partition coefficient (Wildman–Crippen LogP) is 4.68. The highest BCUT2D eigenvalue weighted by molar-refractivity contribution is 6.01. The van der Waals surface area contributed by atoms with E-state index < -0.39 is 0 Å². The van der Waals surface area contributed by atoms with Crippen LogP contribution in [0.5, 0.6) is 5.75 Å². The molecule has 1 aromatic heterocycles. The van der Waals surface area contributed by atoms with Gasteiger partial charge in [-0.05, 0) is 74.6 Å². The molecule has 6 rings (SSSR count). The van der Waals surface area contributed by atoms with E-state index in [2.05, 4.69) is 20.4 Å². The summed E-state index contributed by atoms with van der Waals surface area (Å²) in [6.07, 6.45) is 9.25. The molecule has 3 fully saturated rings. The van der Waals surface area contributed by atoms with E-state index >= 15 is 0 Å². The first-order chi connectivity index (χ1) is 19.1. The zero-order chi connectivity index (χ0) is 26.7. The molecule has 1 aliphatic heterocycles. The van der Waals surface area contributed by atoms with E-state index in [1.54, 1.807) is 0 Å². The first-order valence-corrected chi connectivity index (χ1v) is 14.6. The molecule has 2 unspecified atom stereocenters. The Bertz CT molecular complexity index is 1260. The lowest BCUT2D eigenvalue weighted by atomic mass is 9.79. The van der Waals surface area contributed by atoms with Crippen molar-refractivity contribution in [1.29, 1.82) is 0 Å². The molecule has 0 bridgehead atoms. The van der Waals surface area contributed by atoms with Crippen LogP contribution in [0.2, 0.25) is 0 Å². The second kappa shape index (κ2) is 11.7. The van der Waals surface area contributed by atoms with Gasteiger partial charge in [0, 0.05) is 48.1 Å².